The number of hydrogen-bond acceptors (Lipinski definition) is 2. The topological polar surface area (TPSA) is 40.7 Å². The van der Waals surface area contributed by atoms with Gasteiger partial charge in [-0.3, -0.25) is 5.10 Å². The van der Waals surface area contributed by atoms with Crippen LogP contribution in [0.5, 0.6) is 0 Å². The van der Waals surface area contributed by atoms with E-state index < -0.39 is 0 Å². The van der Waals surface area contributed by atoms with Crippen LogP contribution >= 0.6 is 0 Å². The summed E-state index contributed by atoms with van der Waals surface area (Å²) in [5, 5.41) is 10.6. The highest BCUT2D eigenvalue weighted by atomic mass is 15.1. The zero-order valence-electron chi connectivity index (χ0n) is 10.4. The number of rotatable bonds is 4. The van der Waals surface area contributed by atoms with Crippen LogP contribution in [0.25, 0.3) is 0 Å². The van der Waals surface area contributed by atoms with Crippen molar-refractivity contribution in [1.29, 1.82) is 0 Å². The number of nitrogens with one attached hydrogen (secondary N) is 2. The highest BCUT2D eigenvalue weighted by molar-refractivity contribution is 5.13. The maximum Gasteiger partial charge on any atom is 0.0535 e. The fraction of sp³-hybridized carbons (Fsp3) is 0.769. The van der Waals surface area contributed by atoms with E-state index >= 15 is 0 Å². The Morgan fingerprint density at radius 1 is 1.50 bits per heavy atom. The summed E-state index contributed by atoms with van der Waals surface area (Å²) in [6.07, 6.45) is 7.57. The van der Waals surface area contributed by atoms with Crippen LogP contribution in [0.2, 0.25) is 0 Å². The monoisotopic (exact) mass is 221 g/mol. The molecule has 0 aromatic carbocycles. The molecule has 1 aromatic heterocycles. The molecule has 1 aliphatic carbocycles. The van der Waals surface area contributed by atoms with Gasteiger partial charge in [-0.25, -0.2) is 0 Å². The lowest BCUT2D eigenvalue weighted by atomic mass is 9.82. The van der Waals surface area contributed by atoms with Crippen LogP contribution in [0.15, 0.2) is 6.20 Å². The predicted octanol–water partition coefficient (Wildman–Crippen LogP) is 2.63. The third kappa shape index (κ3) is 3.08. The van der Waals surface area contributed by atoms with Gasteiger partial charge in [-0.2, -0.15) is 5.10 Å². The minimum Gasteiger partial charge on any atom is -0.312 e. The molecule has 0 saturated heterocycles. The van der Waals surface area contributed by atoms with Crippen molar-refractivity contribution in [2.24, 2.45) is 11.8 Å². The van der Waals surface area contributed by atoms with Gasteiger partial charge in [0.15, 0.2) is 0 Å². The molecule has 16 heavy (non-hydrogen) atoms. The van der Waals surface area contributed by atoms with Gasteiger partial charge in [0, 0.05) is 17.8 Å². The van der Waals surface area contributed by atoms with E-state index in [9.17, 15) is 0 Å². The van der Waals surface area contributed by atoms with Gasteiger partial charge in [0.2, 0.25) is 0 Å². The second-order valence-electron chi connectivity index (χ2n) is 5.29. The van der Waals surface area contributed by atoms with Crippen molar-refractivity contribution in [1.82, 2.24) is 15.5 Å². The lowest BCUT2D eigenvalue weighted by Crippen LogP contribution is -2.26. The molecule has 0 spiro atoms. The zero-order valence-corrected chi connectivity index (χ0v) is 10.4. The number of H-pyrrole nitrogens is 1. The predicted molar refractivity (Wildman–Crippen MR) is 66.2 cm³/mol. The molecule has 0 amide bonds. The molecular weight excluding hydrogens is 198 g/mol. The van der Waals surface area contributed by atoms with Gasteiger partial charge >= 0.3 is 0 Å². The fourth-order valence-electron chi connectivity index (χ4n) is 2.71. The van der Waals surface area contributed by atoms with Gasteiger partial charge in [-0.15, -0.1) is 0 Å². The summed E-state index contributed by atoms with van der Waals surface area (Å²) in [6.45, 7) is 6.57. The maximum atomic E-state index is 4.03. The summed E-state index contributed by atoms with van der Waals surface area (Å²) >= 11 is 0. The molecule has 90 valence electrons. The van der Waals surface area contributed by atoms with Crippen LogP contribution in [-0.2, 0) is 6.54 Å². The van der Waals surface area contributed by atoms with E-state index in [1.165, 1.54) is 36.9 Å². The summed E-state index contributed by atoms with van der Waals surface area (Å²) in [5.74, 6) is 1.81. The van der Waals surface area contributed by atoms with Gasteiger partial charge in [-0.1, -0.05) is 19.8 Å². The van der Waals surface area contributed by atoms with E-state index in [0.717, 1.165) is 24.9 Å². The molecule has 0 bridgehead atoms. The van der Waals surface area contributed by atoms with Crippen molar-refractivity contribution in [3.63, 3.8) is 0 Å². The molecule has 2 N–H and O–H groups in total. The largest absolute Gasteiger partial charge is 0.312 e. The third-order valence-electron chi connectivity index (χ3n) is 3.73. The molecule has 3 heteroatoms. The molecule has 1 aliphatic rings. The van der Waals surface area contributed by atoms with E-state index in [0.29, 0.717) is 0 Å². The van der Waals surface area contributed by atoms with Crippen molar-refractivity contribution < 1.29 is 0 Å². The Balaban J connectivity index is 1.70. The van der Waals surface area contributed by atoms with Crippen molar-refractivity contribution in [2.75, 3.05) is 6.54 Å². The number of hydrogen-bond donors (Lipinski definition) is 2. The van der Waals surface area contributed by atoms with Crippen LogP contribution in [0, 0.1) is 18.8 Å². The van der Waals surface area contributed by atoms with E-state index in [1.54, 1.807) is 0 Å². The summed E-state index contributed by atoms with van der Waals surface area (Å²) in [4.78, 5) is 0. The standard InChI is InChI=1S/C13H23N3/c1-10-4-3-5-12(6-10)7-14-8-13-9-15-16-11(13)2/h9-10,12,14H,3-8H2,1-2H3,(H,15,16). The highest BCUT2D eigenvalue weighted by Crippen LogP contribution is 2.27. The van der Waals surface area contributed by atoms with Crippen LogP contribution in [0.1, 0.15) is 43.9 Å². The van der Waals surface area contributed by atoms with Gasteiger partial charge < -0.3 is 5.32 Å². The van der Waals surface area contributed by atoms with Crippen LogP contribution in [-0.4, -0.2) is 16.7 Å². The van der Waals surface area contributed by atoms with Crippen molar-refractivity contribution in [3.8, 4) is 0 Å². The second-order valence-corrected chi connectivity index (χ2v) is 5.29. The first-order valence-corrected chi connectivity index (χ1v) is 6.45. The molecule has 0 radical (unpaired) electrons. The molecule has 1 aromatic rings. The van der Waals surface area contributed by atoms with Crippen molar-refractivity contribution >= 4 is 0 Å². The molecule has 3 nitrogen and oxygen atoms in total. The number of aromatic amines is 1. The number of nitrogens with zero attached hydrogens (tertiary/aromatic N) is 1. The molecule has 1 fully saturated rings. The van der Waals surface area contributed by atoms with Crippen LogP contribution < -0.4 is 5.32 Å². The normalized spacial score (nSPS) is 25.9. The summed E-state index contributed by atoms with van der Waals surface area (Å²) in [5.41, 5.74) is 2.48. The Morgan fingerprint density at radius 3 is 3.06 bits per heavy atom. The molecular formula is C13H23N3. The zero-order chi connectivity index (χ0) is 11.4. The van der Waals surface area contributed by atoms with Crippen LogP contribution in [0.4, 0.5) is 0 Å². The second kappa shape index (κ2) is 5.48. The Bertz CT molecular complexity index is 319. The molecule has 2 unspecified atom stereocenters. The summed E-state index contributed by atoms with van der Waals surface area (Å²) < 4.78 is 0. The quantitative estimate of drug-likeness (QED) is 0.820. The lowest BCUT2D eigenvalue weighted by molar-refractivity contribution is 0.274. The number of aryl methyl sites for hydroxylation is 1. The molecule has 2 rings (SSSR count). The van der Waals surface area contributed by atoms with Crippen molar-refractivity contribution in [2.45, 2.75) is 46.1 Å². The third-order valence-corrected chi connectivity index (χ3v) is 3.73. The first kappa shape index (κ1) is 11.6. The van der Waals surface area contributed by atoms with Gasteiger partial charge in [0.25, 0.3) is 0 Å². The van der Waals surface area contributed by atoms with E-state index in [2.05, 4.69) is 29.4 Å². The average molecular weight is 221 g/mol. The Kier molecular flexibility index (Phi) is 3.99. The van der Waals surface area contributed by atoms with Gasteiger partial charge in [-0.05, 0) is 38.1 Å². The van der Waals surface area contributed by atoms with E-state index in [-0.39, 0.29) is 0 Å². The first-order valence-electron chi connectivity index (χ1n) is 6.45. The number of aromatic nitrogens is 2. The fourth-order valence-corrected chi connectivity index (χ4v) is 2.71. The maximum absolute atomic E-state index is 4.03. The minimum absolute atomic E-state index is 0.885. The Labute approximate surface area is 98.0 Å². The van der Waals surface area contributed by atoms with Gasteiger partial charge in [0.1, 0.15) is 0 Å². The van der Waals surface area contributed by atoms with E-state index in [1.807, 2.05) is 6.20 Å². The van der Waals surface area contributed by atoms with Crippen LogP contribution in [0.3, 0.4) is 0 Å². The molecule has 1 heterocycles. The highest BCUT2D eigenvalue weighted by Gasteiger charge is 2.18. The summed E-state index contributed by atoms with van der Waals surface area (Å²) in [7, 11) is 0. The Hall–Kier alpha value is -0.830. The first-order chi connectivity index (χ1) is 7.75. The summed E-state index contributed by atoms with van der Waals surface area (Å²) in [6, 6.07) is 0. The molecule has 1 saturated carbocycles. The molecule has 2 atom stereocenters. The average Bonchev–Trinajstić information content (AvgIpc) is 2.65. The molecule has 0 aliphatic heterocycles. The SMILES string of the molecule is Cc1[nH]ncc1CNCC1CCCC(C)C1. The van der Waals surface area contributed by atoms with Gasteiger partial charge in [0.05, 0.1) is 6.20 Å². The smallest absolute Gasteiger partial charge is 0.0535 e. The van der Waals surface area contributed by atoms with E-state index in [4.69, 9.17) is 0 Å². The van der Waals surface area contributed by atoms with Crippen molar-refractivity contribution in [3.05, 3.63) is 17.5 Å². The minimum atomic E-state index is 0.885. The Morgan fingerprint density at radius 2 is 2.38 bits per heavy atom. The lowest BCUT2D eigenvalue weighted by Gasteiger charge is -2.26.